The smallest absolute Gasteiger partial charge is 0.280 e. The number of methoxy groups -OCH3 is 1. The fourth-order valence-corrected chi connectivity index (χ4v) is 4.76. The Morgan fingerprint density at radius 2 is 1.81 bits per heavy atom. The fraction of sp³-hybridized carbons (Fsp3) is 0.0909. The van der Waals surface area contributed by atoms with Gasteiger partial charge >= 0.3 is 0 Å². The molecule has 1 N–H and O–H groups in total. The van der Waals surface area contributed by atoms with Crippen molar-refractivity contribution in [3.63, 3.8) is 0 Å². The van der Waals surface area contributed by atoms with Crippen LogP contribution in [0.3, 0.4) is 0 Å². The molecule has 32 heavy (non-hydrogen) atoms. The summed E-state index contributed by atoms with van der Waals surface area (Å²) in [5, 5.41) is 7.02. The highest BCUT2D eigenvalue weighted by Gasteiger charge is 2.35. The Hall–Kier alpha value is -3.43. The molecule has 1 aliphatic heterocycles. The lowest BCUT2D eigenvalue weighted by molar-refractivity contribution is -0.116. The molecule has 0 saturated carbocycles. The van der Waals surface area contributed by atoms with Gasteiger partial charge in [0.2, 0.25) is 5.91 Å². The molecule has 0 atom stereocenters. The van der Waals surface area contributed by atoms with Gasteiger partial charge in [0, 0.05) is 21.8 Å². The van der Waals surface area contributed by atoms with E-state index in [1.165, 1.54) is 43.5 Å². The number of fused-ring (bicyclic) bond motifs is 1. The van der Waals surface area contributed by atoms with E-state index >= 15 is 0 Å². The number of halogens is 2. The molecule has 7 nitrogen and oxygen atoms in total. The Labute approximate surface area is 189 Å². The standard InChI is InChI=1S/C22H17ClFN3O4S/c1-31-16-9-7-15(8-10-16)25-21(28)13-27-26-22(17-4-2-3-5-19(17)24)18-12-14(23)6-11-20(18)32(27,29)30/h2-12H,13H2,1H3,(H,25,28). The van der Waals surface area contributed by atoms with Crippen LogP contribution in [-0.2, 0) is 14.8 Å². The van der Waals surface area contributed by atoms with Crippen molar-refractivity contribution >= 4 is 38.9 Å². The van der Waals surface area contributed by atoms with Crippen LogP contribution in [0.15, 0.2) is 76.7 Å². The van der Waals surface area contributed by atoms with Crippen molar-refractivity contribution in [3.05, 3.63) is 88.7 Å². The first-order chi connectivity index (χ1) is 15.3. The first-order valence-corrected chi connectivity index (χ1v) is 11.2. The van der Waals surface area contributed by atoms with Crippen LogP contribution in [0.4, 0.5) is 10.1 Å². The Morgan fingerprint density at radius 1 is 1.09 bits per heavy atom. The zero-order chi connectivity index (χ0) is 22.9. The van der Waals surface area contributed by atoms with E-state index in [2.05, 4.69) is 10.4 Å². The summed E-state index contributed by atoms with van der Waals surface area (Å²) in [5.74, 6) is -0.595. The quantitative estimate of drug-likeness (QED) is 0.609. The first kappa shape index (κ1) is 21.8. The summed E-state index contributed by atoms with van der Waals surface area (Å²) in [6.45, 7) is -0.603. The van der Waals surface area contributed by atoms with Gasteiger partial charge in [-0.3, -0.25) is 4.79 Å². The van der Waals surface area contributed by atoms with Gasteiger partial charge in [-0.2, -0.15) is 17.9 Å². The fourth-order valence-electron chi connectivity index (χ4n) is 3.22. The number of carbonyl (C=O) groups is 1. The second-order valence-electron chi connectivity index (χ2n) is 6.83. The van der Waals surface area contributed by atoms with Crippen LogP contribution in [-0.4, -0.2) is 38.1 Å². The van der Waals surface area contributed by atoms with Gasteiger partial charge in [0.25, 0.3) is 10.0 Å². The van der Waals surface area contributed by atoms with Crippen LogP contribution in [0.1, 0.15) is 11.1 Å². The molecular formula is C22H17ClFN3O4S. The lowest BCUT2D eigenvalue weighted by atomic mass is 10.0. The summed E-state index contributed by atoms with van der Waals surface area (Å²) in [6.07, 6.45) is 0. The van der Waals surface area contributed by atoms with E-state index in [0.717, 1.165) is 0 Å². The van der Waals surface area contributed by atoms with Gasteiger partial charge in [-0.1, -0.05) is 23.7 Å². The molecule has 1 heterocycles. The molecule has 0 aromatic heterocycles. The molecule has 0 saturated heterocycles. The average molecular weight is 474 g/mol. The summed E-state index contributed by atoms with van der Waals surface area (Å²) in [4.78, 5) is 12.5. The van der Waals surface area contributed by atoms with Crippen molar-refractivity contribution < 1.29 is 22.3 Å². The summed E-state index contributed by atoms with van der Waals surface area (Å²) < 4.78 is 46.5. The molecule has 10 heteroatoms. The third-order valence-corrected chi connectivity index (χ3v) is 6.66. The number of sulfonamides is 1. The van der Waals surface area contributed by atoms with Crippen molar-refractivity contribution in [2.45, 2.75) is 4.90 Å². The maximum Gasteiger partial charge on any atom is 0.280 e. The summed E-state index contributed by atoms with van der Waals surface area (Å²) >= 11 is 6.06. The number of nitrogens with one attached hydrogen (secondary N) is 1. The monoisotopic (exact) mass is 473 g/mol. The zero-order valence-corrected chi connectivity index (χ0v) is 18.3. The van der Waals surface area contributed by atoms with Gasteiger partial charge in [-0.05, 0) is 54.6 Å². The lowest BCUT2D eigenvalue weighted by Gasteiger charge is -2.27. The number of hydrogen-bond acceptors (Lipinski definition) is 5. The van der Waals surface area contributed by atoms with Crippen molar-refractivity contribution in [1.29, 1.82) is 0 Å². The molecule has 0 spiro atoms. The Morgan fingerprint density at radius 3 is 2.50 bits per heavy atom. The minimum atomic E-state index is -4.17. The molecule has 0 fully saturated rings. The van der Waals surface area contributed by atoms with E-state index in [0.29, 0.717) is 15.9 Å². The maximum atomic E-state index is 14.5. The zero-order valence-electron chi connectivity index (χ0n) is 16.7. The molecule has 1 amide bonds. The Bertz CT molecular complexity index is 1330. The van der Waals surface area contributed by atoms with E-state index in [1.54, 1.807) is 30.3 Å². The van der Waals surface area contributed by atoms with Crippen LogP contribution in [0, 0.1) is 5.82 Å². The molecule has 1 aliphatic rings. The van der Waals surface area contributed by atoms with Crippen molar-refractivity contribution in [2.24, 2.45) is 5.10 Å². The predicted molar refractivity (Wildman–Crippen MR) is 119 cm³/mol. The second-order valence-corrected chi connectivity index (χ2v) is 9.08. The largest absolute Gasteiger partial charge is 0.497 e. The van der Waals surface area contributed by atoms with E-state index in [9.17, 15) is 17.6 Å². The van der Waals surface area contributed by atoms with E-state index in [-0.39, 0.29) is 26.8 Å². The molecule has 3 aromatic rings. The number of hydrogen-bond donors (Lipinski definition) is 1. The first-order valence-electron chi connectivity index (χ1n) is 9.39. The highest BCUT2D eigenvalue weighted by molar-refractivity contribution is 7.89. The Kier molecular flexibility index (Phi) is 5.86. The number of ether oxygens (including phenoxy) is 1. The Balaban J connectivity index is 1.71. The minimum Gasteiger partial charge on any atom is -0.497 e. The molecule has 3 aromatic carbocycles. The number of nitrogens with zero attached hydrogens (tertiary/aromatic N) is 2. The predicted octanol–water partition coefficient (Wildman–Crippen LogP) is 3.88. The van der Waals surface area contributed by atoms with Gasteiger partial charge in [-0.15, -0.1) is 0 Å². The highest BCUT2D eigenvalue weighted by Crippen LogP contribution is 2.31. The van der Waals surface area contributed by atoms with E-state index < -0.39 is 28.3 Å². The van der Waals surface area contributed by atoms with Gasteiger partial charge in [-0.25, -0.2) is 4.39 Å². The summed E-state index contributed by atoms with van der Waals surface area (Å²) in [7, 11) is -2.65. The van der Waals surface area contributed by atoms with Crippen molar-refractivity contribution in [1.82, 2.24) is 4.41 Å². The molecule has 0 radical (unpaired) electrons. The number of carbonyl (C=O) groups excluding carboxylic acids is 1. The topological polar surface area (TPSA) is 88.1 Å². The van der Waals surface area contributed by atoms with E-state index in [4.69, 9.17) is 16.3 Å². The van der Waals surface area contributed by atoms with Crippen LogP contribution in [0.25, 0.3) is 0 Å². The third-order valence-electron chi connectivity index (χ3n) is 4.75. The number of benzene rings is 3. The maximum absolute atomic E-state index is 14.5. The number of rotatable bonds is 5. The number of hydrazone groups is 1. The van der Waals surface area contributed by atoms with E-state index in [1.807, 2.05) is 0 Å². The second kappa shape index (κ2) is 8.60. The van der Waals surface area contributed by atoms with Crippen LogP contribution in [0.5, 0.6) is 5.75 Å². The molecule has 0 unspecified atom stereocenters. The number of amides is 1. The lowest BCUT2D eigenvalue weighted by Crippen LogP contribution is -2.38. The van der Waals surface area contributed by atoms with Crippen LogP contribution in [0.2, 0.25) is 5.02 Å². The van der Waals surface area contributed by atoms with Gasteiger partial charge in [0.1, 0.15) is 23.8 Å². The third kappa shape index (κ3) is 4.17. The number of anilines is 1. The van der Waals surface area contributed by atoms with Crippen molar-refractivity contribution in [3.8, 4) is 5.75 Å². The molecule has 4 rings (SSSR count). The molecule has 0 bridgehead atoms. The van der Waals surface area contributed by atoms with Gasteiger partial charge in [0.05, 0.1) is 12.0 Å². The van der Waals surface area contributed by atoms with Gasteiger partial charge < -0.3 is 10.1 Å². The minimum absolute atomic E-state index is 0.0627. The summed E-state index contributed by atoms with van der Waals surface area (Å²) in [5.41, 5.74) is 0.768. The van der Waals surface area contributed by atoms with Crippen molar-refractivity contribution in [2.75, 3.05) is 19.0 Å². The molecule has 164 valence electrons. The SMILES string of the molecule is COc1ccc(NC(=O)CN2N=C(c3ccccc3F)c3cc(Cl)ccc3S2(=O)=O)cc1. The molecule has 0 aliphatic carbocycles. The summed E-state index contributed by atoms with van der Waals surface area (Å²) in [6, 6.07) is 16.5. The normalized spacial score (nSPS) is 14.3. The van der Waals surface area contributed by atoms with Gasteiger partial charge in [0.15, 0.2) is 0 Å². The average Bonchev–Trinajstić information content (AvgIpc) is 2.77. The highest BCUT2D eigenvalue weighted by atomic mass is 35.5. The molecular weight excluding hydrogens is 457 g/mol. The van der Waals surface area contributed by atoms with Crippen LogP contribution >= 0.6 is 11.6 Å². The van der Waals surface area contributed by atoms with Crippen LogP contribution < -0.4 is 10.1 Å².